The van der Waals surface area contributed by atoms with Crippen LogP contribution in [-0.4, -0.2) is 47.5 Å². The summed E-state index contributed by atoms with van der Waals surface area (Å²) in [6, 6.07) is 20.5. The number of rotatable bonds is 6. The Hall–Kier alpha value is -3.41. The van der Waals surface area contributed by atoms with Gasteiger partial charge < -0.3 is 15.1 Å². The van der Waals surface area contributed by atoms with Crippen LogP contribution in [0.2, 0.25) is 0 Å². The van der Waals surface area contributed by atoms with E-state index in [2.05, 4.69) is 41.4 Å². The minimum atomic E-state index is 0.700. The van der Waals surface area contributed by atoms with Crippen LogP contribution in [0.3, 0.4) is 0 Å². The molecule has 0 atom stereocenters. The molecule has 6 heteroatoms. The number of anilines is 2. The molecule has 1 N–H and O–H groups in total. The third-order valence-corrected chi connectivity index (χ3v) is 5.09. The fraction of sp³-hybridized carbons (Fsp3) is 0.261. The number of amides is 1. The molecule has 0 spiro atoms. The third-order valence-electron chi connectivity index (χ3n) is 5.09. The van der Waals surface area contributed by atoms with Crippen LogP contribution in [0, 0.1) is 6.92 Å². The highest BCUT2D eigenvalue weighted by Gasteiger charge is 2.18. The lowest BCUT2D eigenvalue weighted by Crippen LogP contribution is -2.46. The highest BCUT2D eigenvalue weighted by molar-refractivity contribution is 5.62. The van der Waals surface area contributed by atoms with Crippen LogP contribution < -0.4 is 10.2 Å². The fourth-order valence-electron chi connectivity index (χ4n) is 3.47. The zero-order valence-corrected chi connectivity index (χ0v) is 16.6. The second-order valence-corrected chi connectivity index (χ2v) is 7.27. The van der Waals surface area contributed by atoms with Crippen LogP contribution in [0.4, 0.5) is 11.6 Å². The zero-order valence-electron chi connectivity index (χ0n) is 16.6. The molecule has 6 nitrogen and oxygen atoms in total. The van der Waals surface area contributed by atoms with E-state index in [1.807, 2.05) is 36.4 Å². The number of hydrogen-bond acceptors (Lipinski definition) is 5. The number of aromatic nitrogens is 2. The molecule has 0 aliphatic carbocycles. The van der Waals surface area contributed by atoms with Gasteiger partial charge in [0.2, 0.25) is 6.41 Å². The van der Waals surface area contributed by atoms with Crippen LogP contribution in [0.15, 0.2) is 60.7 Å². The molecule has 1 saturated heterocycles. The van der Waals surface area contributed by atoms with Gasteiger partial charge in [0, 0.05) is 44.4 Å². The van der Waals surface area contributed by atoms with Crippen molar-refractivity contribution < 1.29 is 4.79 Å². The van der Waals surface area contributed by atoms with E-state index >= 15 is 0 Å². The summed E-state index contributed by atoms with van der Waals surface area (Å²) in [7, 11) is 0. The lowest BCUT2D eigenvalue weighted by Gasteiger charge is -2.33. The molecule has 2 aromatic carbocycles. The minimum absolute atomic E-state index is 0.700. The molecule has 1 aromatic heterocycles. The van der Waals surface area contributed by atoms with E-state index in [9.17, 15) is 4.79 Å². The van der Waals surface area contributed by atoms with Gasteiger partial charge >= 0.3 is 0 Å². The molecule has 4 rings (SSSR count). The van der Waals surface area contributed by atoms with Gasteiger partial charge in [-0.2, -0.15) is 0 Å². The van der Waals surface area contributed by atoms with Gasteiger partial charge in [-0.25, -0.2) is 9.97 Å². The Balaban J connectivity index is 1.60. The lowest BCUT2D eigenvalue weighted by atomic mass is 10.1. The topological polar surface area (TPSA) is 61.4 Å². The largest absolute Gasteiger partial charge is 0.366 e. The summed E-state index contributed by atoms with van der Waals surface area (Å²) in [5.74, 6) is 2.39. The average Bonchev–Trinajstić information content (AvgIpc) is 2.78. The molecule has 148 valence electrons. The molecule has 1 aliphatic rings. The first-order valence-electron chi connectivity index (χ1n) is 9.89. The molecule has 1 amide bonds. The summed E-state index contributed by atoms with van der Waals surface area (Å²) < 4.78 is 0. The normalized spacial score (nSPS) is 14.0. The minimum Gasteiger partial charge on any atom is -0.366 e. The third kappa shape index (κ3) is 4.71. The predicted molar refractivity (Wildman–Crippen MR) is 116 cm³/mol. The SMILES string of the molecule is Cc1cccc(CNc2cc(N3CCN(C=O)CC3)nc(-c3ccccc3)n2)c1. The second kappa shape index (κ2) is 8.73. The molecule has 2 heterocycles. The number of nitrogens with zero attached hydrogens (tertiary/aromatic N) is 4. The number of nitrogens with one attached hydrogen (secondary N) is 1. The Morgan fingerprint density at radius 3 is 2.48 bits per heavy atom. The van der Waals surface area contributed by atoms with Crippen molar-refractivity contribution in [1.29, 1.82) is 0 Å². The van der Waals surface area contributed by atoms with Crippen molar-refractivity contribution in [2.45, 2.75) is 13.5 Å². The molecule has 1 fully saturated rings. The molecule has 0 radical (unpaired) electrons. The van der Waals surface area contributed by atoms with Crippen LogP contribution in [0.1, 0.15) is 11.1 Å². The molecular weight excluding hydrogens is 362 g/mol. The maximum absolute atomic E-state index is 11.0. The van der Waals surface area contributed by atoms with Crippen molar-refractivity contribution in [2.24, 2.45) is 0 Å². The highest BCUT2D eigenvalue weighted by atomic mass is 16.1. The van der Waals surface area contributed by atoms with Gasteiger partial charge in [-0.3, -0.25) is 4.79 Å². The van der Waals surface area contributed by atoms with Crippen LogP contribution in [-0.2, 0) is 11.3 Å². The summed E-state index contributed by atoms with van der Waals surface area (Å²) in [6.07, 6.45) is 0.918. The van der Waals surface area contributed by atoms with Gasteiger partial charge in [-0.1, -0.05) is 60.2 Å². The van der Waals surface area contributed by atoms with Gasteiger partial charge in [0.05, 0.1) is 0 Å². The number of aryl methyl sites for hydroxylation is 1. The maximum Gasteiger partial charge on any atom is 0.209 e. The molecule has 1 aliphatic heterocycles. The van der Waals surface area contributed by atoms with Gasteiger partial charge in [-0.15, -0.1) is 0 Å². The summed E-state index contributed by atoms with van der Waals surface area (Å²) in [5.41, 5.74) is 3.44. The summed E-state index contributed by atoms with van der Waals surface area (Å²) in [5, 5.41) is 3.45. The van der Waals surface area contributed by atoms with Crippen molar-refractivity contribution in [2.75, 3.05) is 36.4 Å². The standard InChI is InChI=1S/C23H25N5O/c1-18-6-5-7-19(14-18)16-24-21-15-22(28-12-10-27(17-29)11-13-28)26-23(25-21)20-8-3-2-4-9-20/h2-9,14-15,17H,10-13,16H2,1H3,(H,24,25,26). The second-order valence-electron chi connectivity index (χ2n) is 7.27. The quantitative estimate of drug-likeness (QED) is 0.658. The van der Waals surface area contributed by atoms with Crippen molar-refractivity contribution in [1.82, 2.24) is 14.9 Å². The van der Waals surface area contributed by atoms with E-state index in [1.54, 1.807) is 4.90 Å². The van der Waals surface area contributed by atoms with Gasteiger partial charge in [-0.05, 0) is 12.5 Å². The van der Waals surface area contributed by atoms with Crippen LogP contribution in [0.5, 0.6) is 0 Å². The first kappa shape index (κ1) is 18.9. The van der Waals surface area contributed by atoms with E-state index in [1.165, 1.54) is 11.1 Å². The van der Waals surface area contributed by atoms with E-state index in [-0.39, 0.29) is 0 Å². The number of hydrogen-bond donors (Lipinski definition) is 1. The molecule has 3 aromatic rings. The zero-order chi connectivity index (χ0) is 20.1. The number of carbonyl (C=O) groups is 1. The van der Waals surface area contributed by atoms with Gasteiger partial charge in [0.1, 0.15) is 11.6 Å². The molecular formula is C23H25N5O. The van der Waals surface area contributed by atoms with E-state index in [0.29, 0.717) is 25.5 Å². The Bertz CT molecular complexity index is 968. The summed E-state index contributed by atoms with van der Waals surface area (Å²) in [6.45, 7) is 5.74. The van der Waals surface area contributed by atoms with Crippen molar-refractivity contribution >= 4 is 18.0 Å². The summed E-state index contributed by atoms with van der Waals surface area (Å²) >= 11 is 0. The Labute approximate surface area is 171 Å². The molecule has 0 bridgehead atoms. The Kier molecular flexibility index (Phi) is 5.70. The van der Waals surface area contributed by atoms with Gasteiger partial charge in [0.15, 0.2) is 5.82 Å². The van der Waals surface area contributed by atoms with Gasteiger partial charge in [0.25, 0.3) is 0 Å². The number of benzene rings is 2. The van der Waals surface area contributed by atoms with Crippen molar-refractivity contribution in [3.8, 4) is 11.4 Å². The highest BCUT2D eigenvalue weighted by Crippen LogP contribution is 2.23. The smallest absolute Gasteiger partial charge is 0.209 e. The van der Waals surface area contributed by atoms with Crippen LogP contribution in [0.25, 0.3) is 11.4 Å². The van der Waals surface area contributed by atoms with E-state index < -0.39 is 0 Å². The first-order valence-corrected chi connectivity index (χ1v) is 9.89. The molecule has 0 unspecified atom stereocenters. The Morgan fingerprint density at radius 1 is 0.966 bits per heavy atom. The number of carbonyl (C=O) groups excluding carboxylic acids is 1. The average molecular weight is 387 g/mol. The van der Waals surface area contributed by atoms with Crippen LogP contribution >= 0.6 is 0 Å². The fourth-order valence-corrected chi connectivity index (χ4v) is 3.47. The molecule has 0 saturated carbocycles. The van der Waals surface area contributed by atoms with E-state index in [4.69, 9.17) is 9.97 Å². The Morgan fingerprint density at radius 2 is 1.76 bits per heavy atom. The summed E-state index contributed by atoms with van der Waals surface area (Å²) in [4.78, 5) is 24.6. The predicted octanol–water partition coefficient (Wildman–Crippen LogP) is 3.34. The van der Waals surface area contributed by atoms with E-state index in [0.717, 1.165) is 36.7 Å². The monoisotopic (exact) mass is 387 g/mol. The molecule has 29 heavy (non-hydrogen) atoms. The van der Waals surface area contributed by atoms with Crippen molar-refractivity contribution in [3.63, 3.8) is 0 Å². The maximum atomic E-state index is 11.0. The lowest BCUT2D eigenvalue weighted by molar-refractivity contribution is -0.118. The van der Waals surface area contributed by atoms with Crippen molar-refractivity contribution in [3.05, 3.63) is 71.8 Å². The number of piperazine rings is 1. The first-order chi connectivity index (χ1) is 14.2.